The topological polar surface area (TPSA) is 24.9 Å². The van der Waals surface area contributed by atoms with E-state index in [1.807, 2.05) is 12.3 Å². The molecular weight excluding hydrogens is 220 g/mol. The van der Waals surface area contributed by atoms with Crippen LogP contribution in [0.25, 0.3) is 10.9 Å². The lowest BCUT2D eigenvalue weighted by molar-refractivity contribution is 0.491. The summed E-state index contributed by atoms with van der Waals surface area (Å²) < 4.78 is 0. The Morgan fingerprint density at radius 2 is 2.06 bits per heavy atom. The molecule has 0 saturated heterocycles. The van der Waals surface area contributed by atoms with Gasteiger partial charge in [-0.1, -0.05) is 32.0 Å². The second-order valence-electron chi connectivity index (χ2n) is 5.05. The third-order valence-corrected chi connectivity index (χ3v) is 3.46. The van der Waals surface area contributed by atoms with Gasteiger partial charge in [-0.2, -0.15) is 0 Å². The molecule has 0 bridgehead atoms. The van der Waals surface area contributed by atoms with E-state index in [0.29, 0.717) is 12.0 Å². The summed E-state index contributed by atoms with van der Waals surface area (Å²) in [4.78, 5) is 4.42. The van der Waals surface area contributed by atoms with Crippen molar-refractivity contribution in [2.45, 2.75) is 39.2 Å². The molecule has 0 aliphatic rings. The molecule has 2 heteroatoms. The van der Waals surface area contributed by atoms with Crippen molar-refractivity contribution < 1.29 is 0 Å². The Kier molecular flexibility index (Phi) is 4.32. The van der Waals surface area contributed by atoms with Gasteiger partial charge in [0.1, 0.15) is 0 Å². The summed E-state index contributed by atoms with van der Waals surface area (Å²) in [6.07, 6.45) is 3.02. The summed E-state index contributed by atoms with van der Waals surface area (Å²) in [6, 6.07) is 11.3. The molecule has 96 valence electrons. The molecule has 2 rings (SSSR count). The third-order valence-electron chi connectivity index (χ3n) is 3.46. The van der Waals surface area contributed by atoms with Crippen LogP contribution in [0.4, 0.5) is 0 Å². The number of hydrogen-bond acceptors (Lipinski definition) is 2. The van der Waals surface area contributed by atoms with Crippen molar-refractivity contribution in [3.05, 3.63) is 42.1 Å². The number of aromatic nitrogens is 1. The number of rotatable bonds is 5. The lowest BCUT2D eigenvalue weighted by Crippen LogP contribution is -2.26. The highest BCUT2D eigenvalue weighted by Gasteiger charge is 2.10. The number of pyridine rings is 1. The second kappa shape index (κ2) is 5.96. The van der Waals surface area contributed by atoms with Gasteiger partial charge in [0, 0.05) is 17.6 Å². The van der Waals surface area contributed by atoms with Crippen molar-refractivity contribution in [1.29, 1.82) is 0 Å². The molecule has 0 fully saturated rings. The minimum Gasteiger partial charge on any atom is -0.315 e. The fraction of sp³-hybridized carbons (Fsp3) is 0.438. The van der Waals surface area contributed by atoms with Crippen LogP contribution in [0.3, 0.4) is 0 Å². The number of nitrogens with zero attached hydrogens (tertiary/aromatic N) is 1. The van der Waals surface area contributed by atoms with Crippen molar-refractivity contribution >= 4 is 10.9 Å². The zero-order valence-corrected chi connectivity index (χ0v) is 11.5. The Labute approximate surface area is 109 Å². The van der Waals surface area contributed by atoms with Crippen LogP contribution in [0.1, 0.15) is 38.7 Å². The number of fused-ring (bicyclic) bond motifs is 1. The molecule has 2 atom stereocenters. The van der Waals surface area contributed by atoms with Crippen LogP contribution in [0.15, 0.2) is 36.5 Å². The third kappa shape index (κ3) is 3.08. The SMILES string of the molecule is CCNC(C)CC(C)c1ccc2cccnc2c1. The zero-order valence-electron chi connectivity index (χ0n) is 11.5. The molecule has 0 amide bonds. The maximum atomic E-state index is 4.42. The predicted octanol–water partition coefficient (Wildman–Crippen LogP) is 3.73. The Hall–Kier alpha value is -1.41. The van der Waals surface area contributed by atoms with Gasteiger partial charge in [0.25, 0.3) is 0 Å². The first-order valence-electron chi connectivity index (χ1n) is 6.78. The molecule has 2 aromatic rings. The Morgan fingerprint density at radius 3 is 2.83 bits per heavy atom. The first kappa shape index (κ1) is 13.0. The molecule has 1 heterocycles. The van der Waals surface area contributed by atoms with Crippen LogP contribution >= 0.6 is 0 Å². The fourth-order valence-corrected chi connectivity index (χ4v) is 2.49. The highest BCUT2D eigenvalue weighted by atomic mass is 14.9. The van der Waals surface area contributed by atoms with Gasteiger partial charge in [0.2, 0.25) is 0 Å². The molecule has 2 unspecified atom stereocenters. The molecule has 1 aromatic heterocycles. The summed E-state index contributed by atoms with van der Waals surface area (Å²) >= 11 is 0. The van der Waals surface area contributed by atoms with E-state index in [-0.39, 0.29) is 0 Å². The summed E-state index contributed by atoms with van der Waals surface area (Å²) in [5, 5.41) is 4.68. The van der Waals surface area contributed by atoms with E-state index in [2.05, 4.69) is 55.3 Å². The van der Waals surface area contributed by atoms with Crippen molar-refractivity contribution in [2.24, 2.45) is 0 Å². The Morgan fingerprint density at radius 1 is 1.22 bits per heavy atom. The molecule has 0 aliphatic heterocycles. The molecule has 1 N–H and O–H groups in total. The predicted molar refractivity (Wildman–Crippen MR) is 77.9 cm³/mol. The van der Waals surface area contributed by atoms with Crippen LogP contribution < -0.4 is 5.32 Å². The van der Waals surface area contributed by atoms with Crippen molar-refractivity contribution in [3.8, 4) is 0 Å². The molecule has 0 spiro atoms. The number of nitrogens with one attached hydrogen (secondary N) is 1. The van der Waals surface area contributed by atoms with E-state index >= 15 is 0 Å². The maximum Gasteiger partial charge on any atom is 0.0704 e. The first-order valence-corrected chi connectivity index (χ1v) is 6.78. The van der Waals surface area contributed by atoms with Crippen molar-refractivity contribution in [1.82, 2.24) is 10.3 Å². The van der Waals surface area contributed by atoms with Crippen molar-refractivity contribution in [3.63, 3.8) is 0 Å². The van der Waals surface area contributed by atoms with E-state index in [4.69, 9.17) is 0 Å². The minimum atomic E-state index is 0.560. The van der Waals surface area contributed by atoms with Gasteiger partial charge < -0.3 is 5.32 Å². The maximum absolute atomic E-state index is 4.42. The highest BCUT2D eigenvalue weighted by molar-refractivity contribution is 5.78. The van der Waals surface area contributed by atoms with Gasteiger partial charge in [0.15, 0.2) is 0 Å². The fourth-order valence-electron chi connectivity index (χ4n) is 2.49. The van der Waals surface area contributed by atoms with Gasteiger partial charge in [-0.05, 0) is 43.5 Å². The standard InChI is InChI=1S/C16H22N2/c1-4-17-13(3)10-12(2)15-8-7-14-6-5-9-18-16(14)11-15/h5-9,11-13,17H,4,10H2,1-3H3. The summed E-state index contributed by atoms with van der Waals surface area (Å²) in [7, 11) is 0. The molecule has 18 heavy (non-hydrogen) atoms. The molecule has 0 aliphatic carbocycles. The number of hydrogen-bond donors (Lipinski definition) is 1. The number of benzene rings is 1. The van der Waals surface area contributed by atoms with Gasteiger partial charge in [-0.25, -0.2) is 0 Å². The quantitative estimate of drug-likeness (QED) is 0.864. The van der Waals surface area contributed by atoms with E-state index < -0.39 is 0 Å². The lowest BCUT2D eigenvalue weighted by Gasteiger charge is -2.18. The van der Waals surface area contributed by atoms with Gasteiger partial charge in [0.05, 0.1) is 5.52 Å². The average Bonchev–Trinajstić information content (AvgIpc) is 2.38. The van der Waals surface area contributed by atoms with Gasteiger partial charge in [-0.15, -0.1) is 0 Å². The first-order chi connectivity index (χ1) is 8.70. The Balaban J connectivity index is 2.15. The molecule has 1 aromatic carbocycles. The summed E-state index contributed by atoms with van der Waals surface area (Å²) in [5.74, 6) is 0.561. The monoisotopic (exact) mass is 242 g/mol. The van der Waals surface area contributed by atoms with E-state index in [1.165, 1.54) is 10.9 Å². The van der Waals surface area contributed by atoms with Crippen molar-refractivity contribution in [2.75, 3.05) is 6.54 Å². The van der Waals surface area contributed by atoms with E-state index in [0.717, 1.165) is 18.5 Å². The van der Waals surface area contributed by atoms with Crippen LogP contribution in [-0.4, -0.2) is 17.6 Å². The summed E-state index contributed by atoms with van der Waals surface area (Å²) in [6.45, 7) is 7.73. The smallest absolute Gasteiger partial charge is 0.0704 e. The average molecular weight is 242 g/mol. The van der Waals surface area contributed by atoms with E-state index in [9.17, 15) is 0 Å². The second-order valence-corrected chi connectivity index (χ2v) is 5.05. The van der Waals surface area contributed by atoms with Crippen LogP contribution in [0.2, 0.25) is 0 Å². The normalized spacial score (nSPS) is 14.6. The van der Waals surface area contributed by atoms with Gasteiger partial charge in [-0.3, -0.25) is 4.98 Å². The highest BCUT2D eigenvalue weighted by Crippen LogP contribution is 2.23. The van der Waals surface area contributed by atoms with Crippen LogP contribution in [0.5, 0.6) is 0 Å². The van der Waals surface area contributed by atoms with Gasteiger partial charge >= 0.3 is 0 Å². The van der Waals surface area contributed by atoms with E-state index in [1.54, 1.807) is 0 Å². The zero-order chi connectivity index (χ0) is 13.0. The molecule has 0 saturated carbocycles. The molecular formula is C16H22N2. The van der Waals surface area contributed by atoms with Crippen LogP contribution in [-0.2, 0) is 0 Å². The lowest BCUT2D eigenvalue weighted by atomic mass is 9.93. The Bertz CT molecular complexity index is 507. The molecule has 0 radical (unpaired) electrons. The largest absolute Gasteiger partial charge is 0.315 e. The summed E-state index contributed by atoms with van der Waals surface area (Å²) in [5.41, 5.74) is 2.48. The van der Waals surface area contributed by atoms with Crippen LogP contribution in [0, 0.1) is 0 Å². The molecule has 2 nitrogen and oxygen atoms in total. The minimum absolute atomic E-state index is 0.560.